The number of piperidine rings is 1. The summed E-state index contributed by atoms with van der Waals surface area (Å²) in [4.78, 5) is 30.7. The van der Waals surface area contributed by atoms with Gasteiger partial charge in [0.25, 0.3) is 11.8 Å². The summed E-state index contributed by atoms with van der Waals surface area (Å²) in [5, 5.41) is 2.86. The highest BCUT2D eigenvalue weighted by atomic mass is 35.5. The summed E-state index contributed by atoms with van der Waals surface area (Å²) < 4.78 is 48.6. The number of alkyl halides is 2. The van der Waals surface area contributed by atoms with E-state index >= 15 is 0 Å². The summed E-state index contributed by atoms with van der Waals surface area (Å²) in [5.74, 6) is -6.28. The molecule has 3 aromatic rings. The molecule has 1 N–H and O–H groups in total. The van der Waals surface area contributed by atoms with Gasteiger partial charge in [-0.3, -0.25) is 14.6 Å². The Labute approximate surface area is 204 Å². The first-order valence-electron chi connectivity index (χ1n) is 10.7. The molecule has 0 bridgehead atoms. The first-order valence-corrected chi connectivity index (χ1v) is 11.0. The van der Waals surface area contributed by atoms with Gasteiger partial charge in [-0.2, -0.15) is 0 Å². The molecule has 1 aliphatic heterocycles. The maximum absolute atomic E-state index is 14.6. The zero-order valence-electron chi connectivity index (χ0n) is 18.6. The van der Waals surface area contributed by atoms with E-state index in [2.05, 4.69) is 10.3 Å². The standard InChI is InChI=1S/C25H21ClF3N3O3/c1-35-22-10-19(26)9-21(11-22)31-23(33)18-12-25(28,29)14-32(13-18)24(34)17-6-16(7-20(27)8-17)15-2-4-30-5-3-15/h2-11,18H,12-14H2,1H3,(H,31,33). The van der Waals surface area contributed by atoms with Crippen LogP contribution in [0.15, 0.2) is 60.9 Å². The Morgan fingerprint density at radius 3 is 2.57 bits per heavy atom. The molecule has 10 heteroatoms. The van der Waals surface area contributed by atoms with Crippen LogP contribution in [0.3, 0.4) is 0 Å². The van der Waals surface area contributed by atoms with E-state index in [9.17, 15) is 22.8 Å². The fourth-order valence-electron chi connectivity index (χ4n) is 4.03. The van der Waals surface area contributed by atoms with Crippen molar-refractivity contribution in [3.8, 4) is 16.9 Å². The van der Waals surface area contributed by atoms with Gasteiger partial charge in [0.2, 0.25) is 5.91 Å². The predicted molar refractivity (Wildman–Crippen MR) is 125 cm³/mol. The summed E-state index contributed by atoms with van der Waals surface area (Å²) in [7, 11) is 1.43. The molecule has 1 atom stereocenters. The quantitative estimate of drug-likeness (QED) is 0.514. The maximum atomic E-state index is 14.6. The minimum absolute atomic E-state index is 0.0896. The van der Waals surface area contributed by atoms with Gasteiger partial charge in [-0.25, -0.2) is 13.2 Å². The van der Waals surface area contributed by atoms with Crippen molar-refractivity contribution in [3.05, 3.63) is 77.3 Å². The third-order valence-electron chi connectivity index (χ3n) is 5.60. The first kappa shape index (κ1) is 24.5. The molecule has 0 spiro atoms. The van der Waals surface area contributed by atoms with Crippen molar-refractivity contribution < 1.29 is 27.5 Å². The molecule has 2 aromatic carbocycles. The van der Waals surface area contributed by atoms with Crippen molar-refractivity contribution in [3.63, 3.8) is 0 Å². The lowest BCUT2D eigenvalue weighted by Crippen LogP contribution is -2.52. The van der Waals surface area contributed by atoms with Gasteiger partial charge >= 0.3 is 0 Å². The molecule has 1 fully saturated rings. The topological polar surface area (TPSA) is 71.5 Å². The number of ether oxygens (including phenoxy) is 1. The zero-order valence-corrected chi connectivity index (χ0v) is 19.4. The monoisotopic (exact) mass is 503 g/mol. The van der Waals surface area contributed by atoms with Crippen molar-refractivity contribution in [1.29, 1.82) is 0 Å². The van der Waals surface area contributed by atoms with Crippen LogP contribution in [0.1, 0.15) is 16.8 Å². The number of halogens is 4. The average molecular weight is 504 g/mol. The Morgan fingerprint density at radius 1 is 1.11 bits per heavy atom. The van der Waals surface area contributed by atoms with Crippen molar-refractivity contribution in [2.45, 2.75) is 12.3 Å². The highest BCUT2D eigenvalue weighted by Gasteiger charge is 2.44. The zero-order chi connectivity index (χ0) is 25.2. The number of hydrogen-bond donors (Lipinski definition) is 1. The highest BCUT2D eigenvalue weighted by molar-refractivity contribution is 6.31. The van der Waals surface area contributed by atoms with Crippen molar-refractivity contribution in [1.82, 2.24) is 9.88 Å². The SMILES string of the molecule is COc1cc(Cl)cc(NC(=O)C2CN(C(=O)c3cc(F)cc(-c4ccncc4)c3)CC(F)(F)C2)c1. The third kappa shape index (κ3) is 5.92. The number of hydrogen-bond acceptors (Lipinski definition) is 4. The summed E-state index contributed by atoms with van der Waals surface area (Å²) in [6.07, 6.45) is 2.31. The van der Waals surface area contributed by atoms with E-state index in [0.717, 1.165) is 11.0 Å². The number of carbonyl (C=O) groups excluding carboxylic acids is 2. The number of methoxy groups -OCH3 is 1. The molecule has 1 saturated heterocycles. The minimum Gasteiger partial charge on any atom is -0.497 e. The third-order valence-corrected chi connectivity index (χ3v) is 5.82. The molecule has 1 aromatic heterocycles. The molecule has 35 heavy (non-hydrogen) atoms. The first-order chi connectivity index (χ1) is 16.6. The Bertz CT molecular complexity index is 1260. The second-order valence-electron chi connectivity index (χ2n) is 8.28. The maximum Gasteiger partial charge on any atom is 0.266 e. The van der Waals surface area contributed by atoms with Crippen LogP contribution in [0.2, 0.25) is 5.02 Å². The van der Waals surface area contributed by atoms with Crippen LogP contribution in [-0.2, 0) is 4.79 Å². The summed E-state index contributed by atoms with van der Waals surface area (Å²) in [6.45, 7) is -1.12. The molecule has 182 valence electrons. The lowest BCUT2D eigenvalue weighted by atomic mass is 9.93. The Kier molecular flexibility index (Phi) is 6.98. The van der Waals surface area contributed by atoms with Crippen LogP contribution in [0.4, 0.5) is 18.9 Å². The number of benzene rings is 2. The fourth-order valence-corrected chi connectivity index (χ4v) is 4.26. The molecular weight excluding hydrogens is 483 g/mol. The number of likely N-dealkylation sites (tertiary alicyclic amines) is 1. The molecule has 2 heterocycles. The van der Waals surface area contributed by atoms with E-state index < -0.39 is 42.4 Å². The Morgan fingerprint density at radius 2 is 1.86 bits per heavy atom. The van der Waals surface area contributed by atoms with Crippen LogP contribution >= 0.6 is 11.6 Å². The Hall–Kier alpha value is -3.59. The van der Waals surface area contributed by atoms with E-state index in [-0.39, 0.29) is 17.8 Å². The summed E-state index contributed by atoms with van der Waals surface area (Å²) >= 11 is 6.01. The number of nitrogens with one attached hydrogen (secondary N) is 1. The minimum atomic E-state index is -3.30. The predicted octanol–water partition coefficient (Wildman–Crippen LogP) is 5.29. The van der Waals surface area contributed by atoms with Gasteiger partial charge in [-0.1, -0.05) is 11.6 Å². The smallest absolute Gasteiger partial charge is 0.266 e. The average Bonchev–Trinajstić information content (AvgIpc) is 2.82. The number of amides is 2. The number of nitrogens with zero attached hydrogens (tertiary/aromatic N) is 2. The summed E-state index contributed by atoms with van der Waals surface area (Å²) in [5.41, 5.74) is 1.21. The molecule has 1 unspecified atom stereocenters. The largest absolute Gasteiger partial charge is 0.497 e. The number of aromatic nitrogens is 1. The van der Waals surface area contributed by atoms with Gasteiger partial charge in [-0.05, 0) is 53.6 Å². The van der Waals surface area contributed by atoms with E-state index in [1.165, 1.54) is 49.8 Å². The van der Waals surface area contributed by atoms with Gasteiger partial charge in [0, 0.05) is 47.7 Å². The lowest BCUT2D eigenvalue weighted by molar-refractivity contribution is -0.130. The molecule has 0 aliphatic carbocycles. The second-order valence-corrected chi connectivity index (χ2v) is 8.71. The molecule has 0 radical (unpaired) electrons. The molecule has 2 amide bonds. The van der Waals surface area contributed by atoms with Gasteiger partial charge in [-0.15, -0.1) is 0 Å². The van der Waals surface area contributed by atoms with E-state index in [4.69, 9.17) is 16.3 Å². The molecule has 6 nitrogen and oxygen atoms in total. The van der Waals surface area contributed by atoms with Crippen LogP contribution in [0.5, 0.6) is 5.75 Å². The van der Waals surface area contributed by atoms with Crippen molar-refractivity contribution in [2.75, 3.05) is 25.5 Å². The molecule has 4 rings (SSSR count). The molecule has 0 saturated carbocycles. The van der Waals surface area contributed by atoms with E-state index in [0.29, 0.717) is 21.9 Å². The van der Waals surface area contributed by atoms with Crippen LogP contribution in [0, 0.1) is 11.7 Å². The summed E-state index contributed by atoms with van der Waals surface area (Å²) in [6, 6.07) is 11.4. The Balaban J connectivity index is 1.56. The van der Waals surface area contributed by atoms with Crippen LogP contribution in [-0.4, -0.2) is 47.8 Å². The molecular formula is C25H21ClF3N3O3. The van der Waals surface area contributed by atoms with Crippen LogP contribution < -0.4 is 10.1 Å². The number of anilines is 1. The highest BCUT2D eigenvalue weighted by Crippen LogP contribution is 2.33. The van der Waals surface area contributed by atoms with Gasteiger partial charge in [0.15, 0.2) is 0 Å². The number of rotatable bonds is 5. The lowest BCUT2D eigenvalue weighted by Gasteiger charge is -2.37. The second kappa shape index (κ2) is 9.95. The van der Waals surface area contributed by atoms with Crippen molar-refractivity contribution in [2.24, 2.45) is 5.92 Å². The normalized spacial score (nSPS) is 17.1. The number of pyridine rings is 1. The molecule has 1 aliphatic rings. The number of carbonyl (C=O) groups is 2. The fraction of sp³-hybridized carbons (Fsp3) is 0.240. The van der Waals surface area contributed by atoms with Gasteiger partial charge < -0.3 is 15.0 Å². The van der Waals surface area contributed by atoms with Crippen molar-refractivity contribution >= 4 is 29.1 Å². The van der Waals surface area contributed by atoms with Gasteiger partial charge in [0.1, 0.15) is 11.6 Å². The van der Waals surface area contributed by atoms with E-state index in [1.54, 1.807) is 12.1 Å². The van der Waals surface area contributed by atoms with E-state index in [1.807, 2.05) is 0 Å². The van der Waals surface area contributed by atoms with Crippen LogP contribution in [0.25, 0.3) is 11.1 Å². The van der Waals surface area contributed by atoms with Gasteiger partial charge in [0.05, 0.1) is 19.6 Å².